The minimum absolute atomic E-state index is 0.253. The standard InChI is InChI=1S/C16H26N2O2S/c1-16(2)9-12-18(13-10-16)21(19,20)15-6-4-14(5-7-15)8-11-17-3/h4-7,17H,8-13H2,1-3H3. The summed E-state index contributed by atoms with van der Waals surface area (Å²) in [4.78, 5) is 0.412. The van der Waals surface area contributed by atoms with E-state index in [0.717, 1.165) is 31.4 Å². The van der Waals surface area contributed by atoms with Gasteiger partial charge in [-0.05, 0) is 56.0 Å². The molecule has 0 aliphatic carbocycles. The van der Waals surface area contributed by atoms with Crippen LogP contribution in [0.4, 0.5) is 0 Å². The summed E-state index contributed by atoms with van der Waals surface area (Å²) in [5, 5.41) is 3.09. The molecule has 1 aliphatic rings. The van der Waals surface area contributed by atoms with E-state index in [0.29, 0.717) is 18.0 Å². The van der Waals surface area contributed by atoms with Gasteiger partial charge in [0.1, 0.15) is 0 Å². The third kappa shape index (κ3) is 4.05. The van der Waals surface area contributed by atoms with E-state index >= 15 is 0 Å². The second kappa shape index (κ2) is 6.46. The number of hydrogen-bond donors (Lipinski definition) is 1. The van der Waals surface area contributed by atoms with Gasteiger partial charge in [0.15, 0.2) is 0 Å². The summed E-state index contributed by atoms with van der Waals surface area (Å²) < 4.78 is 26.9. The molecule has 0 amide bonds. The SMILES string of the molecule is CNCCc1ccc(S(=O)(=O)N2CCC(C)(C)CC2)cc1. The largest absolute Gasteiger partial charge is 0.319 e. The zero-order chi connectivity index (χ0) is 15.5. The Hall–Kier alpha value is -0.910. The first-order chi connectivity index (χ1) is 9.85. The quantitative estimate of drug-likeness (QED) is 0.907. The van der Waals surface area contributed by atoms with Crippen molar-refractivity contribution in [2.24, 2.45) is 5.41 Å². The molecule has 5 heteroatoms. The molecule has 1 saturated heterocycles. The lowest BCUT2D eigenvalue weighted by molar-refractivity contribution is 0.196. The minimum Gasteiger partial charge on any atom is -0.319 e. The van der Waals surface area contributed by atoms with Crippen LogP contribution in [0.2, 0.25) is 0 Å². The van der Waals surface area contributed by atoms with Gasteiger partial charge in [-0.3, -0.25) is 0 Å². The topological polar surface area (TPSA) is 49.4 Å². The Morgan fingerprint density at radius 2 is 1.71 bits per heavy atom. The van der Waals surface area contributed by atoms with E-state index in [1.165, 1.54) is 0 Å². The predicted octanol–water partition coefficient (Wildman–Crippen LogP) is 2.26. The number of likely N-dealkylation sites (N-methyl/N-ethyl adjacent to an activating group) is 1. The first-order valence-corrected chi connectivity index (χ1v) is 9.03. The Labute approximate surface area is 128 Å². The van der Waals surface area contributed by atoms with Crippen molar-refractivity contribution in [3.05, 3.63) is 29.8 Å². The van der Waals surface area contributed by atoms with Gasteiger partial charge in [0, 0.05) is 13.1 Å². The Morgan fingerprint density at radius 3 is 2.24 bits per heavy atom. The van der Waals surface area contributed by atoms with Crippen LogP contribution in [0.25, 0.3) is 0 Å². The molecule has 0 radical (unpaired) electrons. The molecule has 4 nitrogen and oxygen atoms in total. The summed E-state index contributed by atoms with van der Waals surface area (Å²) in [6, 6.07) is 7.30. The van der Waals surface area contributed by atoms with Gasteiger partial charge >= 0.3 is 0 Å². The second-order valence-corrected chi connectivity index (χ2v) is 8.50. The summed E-state index contributed by atoms with van der Waals surface area (Å²) in [5.74, 6) is 0. The van der Waals surface area contributed by atoms with E-state index in [2.05, 4.69) is 19.2 Å². The van der Waals surface area contributed by atoms with Gasteiger partial charge in [0.25, 0.3) is 0 Å². The normalized spacial score (nSPS) is 19.6. The fourth-order valence-corrected chi connectivity index (χ4v) is 4.02. The Balaban J connectivity index is 2.09. The van der Waals surface area contributed by atoms with Crippen LogP contribution in [0.1, 0.15) is 32.3 Å². The maximum atomic E-state index is 12.6. The van der Waals surface area contributed by atoms with Crippen LogP contribution in [0, 0.1) is 5.41 Å². The Kier molecular flexibility index (Phi) is 5.07. The molecule has 0 atom stereocenters. The highest BCUT2D eigenvalue weighted by Crippen LogP contribution is 2.32. The third-order valence-electron chi connectivity index (χ3n) is 4.30. The highest BCUT2D eigenvalue weighted by molar-refractivity contribution is 7.89. The minimum atomic E-state index is -3.33. The molecule has 0 unspecified atom stereocenters. The number of rotatable bonds is 5. The Bertz CT molecular complexity index is 554. The number of nitrogens with zero attached hydrogens (tertiary/aromatic N) is 1. The van der Waals surface area contributed by atoms with E-state index < -0.39 is 10.0 Å². The second-order valence-electron chi connectivity index (χ2n) is 6.57. The monoisotopic (exact) mass is 310 g/mol. The number of hydrogen-bond acceptors (Lipinski definition) is 3. The molecule has 1 heterocycles. The van der Waals surface area contributed by atoms with Gasteiger partial charge in [-0.1, -0.05) is 26.0 Å². The number of piperidine rings is 1. The molecule has 1 fully saturated rings. The number of sulfonamides is 1. The van der Waals surface area contributed by atoms with Crippen LogP contribution >= 0.6 is 0 Å². The average molecular weight is 310 g/mol. The van der Waals surface area contributed by atoms with Gasteiger partial charge in [-0.2, -0.15) is 4.31 Å². The molecule has 1 aromatic rings. The fraction of sp³-hybridized carbons (Fsp3) is 0.625. The molecule has 0 saturated carbocycles. The van der Waals surface area contributed by atoms with Crippen molar-refractivity contribution in [3.63, 3.8) is 0 Å². The van der Waals surface area contributed by atoms with E-state index in [9.17, 15) is 8.42 Å². The highest BCUT2D eigenvalue weighted by atomic mass is 32.2. The zero-order valence-corrected chi connectivity index (χ0v) is 14.0. The van der Waals surface area contributed by atoms with Gasteiger partial charge in [0.2, 0.25) is 10.0 Å². The third-order valence-corrected chi connectivity index (χ3v) is 6.21. The molecule has 21 heavy (non-hydrogen) atoms. The molecule has 1 N–H and O–H groups in total. The number of benzene rings is 1. The van der Waals surface area contributed by atoms with E-state index in [-0.39, 0.29) is 5.41 Å². The molecule has 1 aliphatic heterocycles. The lowest BCUT2D eigenvalue weighted by Gasteiger charge is -2.36. The Morgan fingerprint density at radius 1 is 1.14 bits per heavy atom. The summed E-state index contributed by atoms with van der Waals surface area (Å²) in [6.07, 6.45) is 2.76. The van der Waals surface area contributed by atoms with E-state index in [4.69, 9.17) is 0 Å². The average Bonchev–Trinajstić information content (AvgIpc) is 2.45. The molecule has 0 bridgehead atoms. The molecule has 118 valence electrons. The molecule has 2 rings (SSSR count). The van der Waals surface area contributed by atoms with Crippen molar-refractivity contribution >= 4 is 10.0 Å². The van der Waals surface area contributed by atoms with Crippen molar-refractivity contribution < 1.29 is 8.42 Å². The highest BCUT2D eigenvalue weighted by Gasteiger charge is 2.32. The first kappa shape index (κ1) is 16.5. The fourth-order valence-electron chi connectivity index (χ4n) is 2.58. The van der Waals surface area contributed by atoms with Crippen molar-refractivity contribution in [3.8, 4) is 0 Å². The molecular formula is C16H26N2O2S. The summed E-state index contributed by atoms with van der Waals surface area (Å²) >= 11 is 0. The van der Waals surface area contributed by atoms with Crippen molar-refractivity contribution in [1.82, 2.24) is 9.62 Å². The van der Waals surface area contributed by atoms with Crippen LogP contribution in [0.15, 0.2) is 29.2 Å². The van der Waals surface area contributed by atoms with E-state index in [1.54, 1.807) is 16.4 Å². The van der Waals surface area contributed by atoms with Crippen molar-refractivity contribution in [1.29, 1.82) is 0 Å². The number of nitrogens with one attached hydrogen (secondary N) is 1. The van der Waals surface area contributed by atoms with Gasteiger partial charge < -0.3 is 5.32 Å². The van der Waals surface area contributed by atoms with Gasteiger partial charge in [0.05, 0.1) is 4.90 Å². The van der Waals surface area contributed by atoms with Crippen LogP contribution in [-0.2, 0) is 16.4 Å². The molecule has 1 aromatic carbocycles. The molecule has 0 aromatic heterocycles. The first-order valence-electron chi connectivity index (χ1n) is 7.59. The maximum Gasteiger partial charge on any atom is 0.243 e. The van der Waals surface area contributed by atoms with Crippen molar-refractivity contribution in [2.45, 2.75) is 38.0 Å². The van der Waals surface area contributed by atoms with E-state index in [1.807, 2.05) is 19.2 Å². The van der Waals surface area contributed by atoms with Crippen molar-refractivity contribution in [2.75, 3.05) is 26.7 Å². The zero-order valence-electron chi connectivity index (χ0n) is 13.2. The van der Waals surface area contributed by atoms with Gasteiger partial charge in [-0.25, -0.2) is 8.42 Å². The van der Waals surface area contributed by atoms with Crippen LogP contribution in [0.3, 0.4) is 0 Å². The molecular weight excluding hydrogens is 284 g/mol. The molecule has 0 spiro atoms. The lowest BCUT2D eigenvalue weighted by Crippen LogP contribution is -2.41. The van der Waals surface area contributed by atoms with Crippen LogP contribution < -0.4 is 5.32 Å². The van der Waals surface area contributed by atoms with Crippen LogP contribution in [-0.4, -0.2) is 39.4 Å². The predicted molar refractivity (Wildman–Crippen MR) is 85.8 cm³/mol. The summed E-state index contributed by atoms with van der Waals surface area (Å²) in [5.41, 5.74) is 1.41. The lowest BCUT2D eigenvalue weighted by atomic mass is 9.83. The maximum absolute atomic E-state index is 12.6. The van der Waals surface area contributed by atoms with Gasteiger partial charge in [-0.15, -0.1) is 0 Å². The summed E-state index contributed by atoms with van der Waals surface area (Å²) in [6.45, 7) is 6.54. The summed E-state index contributed by atoms with van der Waals surface area (Å²) in [7, 11) is -1.42. The smallest absolute Gasteiger partial charge is 0.243 e. The van der Waals surface area contributed by atoms with Crippen LogP contribution in [0.5, 0.6) is 0 Å².